The quantitative estimate of drug-likeness (QED) is 0.673. The average molecular weight is 332 g/mol. The molecule has 0 aromatic carbocycles. The summed E-state index contributed by atoms with van der Waals surface area (Å²) < 4.78 is 21.3. The number of aliphatic imine (C=N–C) groups is 1. The molecule has 1 saturated heterocycles. The Balaban J connectivity index is 1.64. The van der Waals surface area contributed by atoms with Gasteiger partial charge in [0, 0.05) is 38.6 Å². The van der Waals surface area contributed by atoms with Crippen LogP contribution in [-0.4, -0.2) is 52.4 Å². The van der Waals surface area contributed by atoms with Gasteiger partial charge in [-0.3, -0.25) is 14.7 Å². The summed E-state index contributed by atoms with van der Waals surface area (Å²) in [6.07, 6.45) is 5.29. The number of halogens is 1. The third kappa shape index (κ3) is 3.70. The fourth-order valence-corrected chi connectivity index (χ4v) is 2.69. The summed E-state index contributed by atoms with van der Waals surface area (Å²) in [5.74, 6) is 0.382. The molecule has 0 radical (unpaired) electrons. The lowest BCUT2D eigenvalue weighted by Crippen LogP contribution is -2.48. The average Bonchev–Trinajstić information content (AvgIpc) is 3.04. The van der Waals surface area contributed by atoms with Crippen LogP contribution in [0, 0.1) is 5.82 Å². The van der Waals surface area contributed by atoms with E-state index in [4.69, 9.17) is 4.74 Å². The van der Waals surface area contributed by atoms with Crippen LogP contribution in [0.25, 0.3) is 0 Å². The molecular formula is C16H21FN6O. The molecule has 0 aliphatic carbocycles. The van der Waals surface area contributed by atoms with Gasteiger partial charge in [0.05, 0.1) is 31.6 Å². The SMILES string of the molecule is CN=C(NCc1ncccc1F)N1CCOC(c2cnn(C)c2)C1. The maximum absolute atomic E-state index is 13.7. The Kier molecular flexibility index (Phi) is 5.05. The number of hydrogen-bond donors (Lipinski definition) is 1. The Morgan fingerprint density at radius 2 is 2.42 bits per heavy atom. The highest BCUT2D eigenvalue weighted by Gasteiger charge is 2.25. The zero-order valence-electron chi connectivity index (χ0n) is 13.8. The fourth-order valence-electron chi connectivity index (χ4n) is 2.69. The number of aryl methyl sites for hydroxylation is 1. The van der Waals surface area contributed by atoms with E-state index in [0.29, 0.717) is 24.8 Å². The predicted octanol–water partition coefficient (Wildman–Crippen LogP) is 1.10. The Hall–Kier alpha value is -2.48. The van der Waals surface area contributed by atoms with Crippen LogP contribution in [0.1, 0.15) is 17.4 Å². The first-order valence-electron chi connectivity index (χ1n) is 7.82. The smallest absolute Gasteiger partial charge is 0.194 e. The van der Waals surface area contributed by atoms with Crippen LogP contribution in [0.4, 0.5) is 4.39 Å². The molecule has 0 amide bonds. The van der Waals surface area contributed by atoms with Crippen molar-refractivity contribution in [3.8, 4) is 0 Å². The van der Waals surface area contributed by atoms with Gasteiger partial charge in [-0.15, -0.1) is 0 Å². The fraction of sp³-hybridized carbons (Fsp3) is 0.438. The summed E-state index contributed by atoms with van der Waals surface area (Å²) in [6, 6.07) is 2.98. The highest BCUT2D eigenvalue weighted by molar-refractivity contribution is 5.80. The van der Waals surface area contributed by atoms with Crippen molar-refractivity contribution in [1.29, 1.82) is 0 Å². The number of pyridine rings is 1. The molecule has 8 heteroatoms. The molecule has 3 rings (SSSR count). The highest BCUT2D eigenvalue weighted by atomic mass is 19.1. The third-order valence-electron chi connectivity index (χ3n) is 3.92. The van der Waals surface area contributed by atoms with Crippen molar-refractivity contribution in [2.24, 2.45) is 12.0 Å². The van der Waals surface area contributed by atoms with Crippen LogP contribution >= 0.6 is 0 Å². The molecule has 128 valence electrons. The minimum absolute atomic E-state index is 0.0578. The second kappa shape index (κ2) is 7.39. The molecule has 0 bridgehead atoms. The van der Waals surface area contributed by atoms with Gasteiger partial charge in [-0.1, -0.05) is 0 Å². The number of ether oxygens (including phenoxy) is 1. The molecule has 1 N–H and O–H groups in total. The Morgan fingerprint density at radius 3 is 3.12 bits per heavy atom. The van der Waals surface area contributed by atoms with E-state index in [2.05, 4.69) is 25.3 Å². The molecule has 1 atom stereocenters. The number of guanidine groups is 1. The number of hydrogen-bond acceptors (Lipinski definition) is 4. The molecule has 1 unspecified atom stereocenters. The summed E-state index contributed by atoms with van der Waals surface area (Å²) >= 11 is 0. The molecular weight excluding hydrogens is 311 g/mol. The van der Waals surface area contributed by atoms with E-state index < -0.39 is 0 Å². The molecule has 1 aliphatic rings. The van der Waals surface area contributed by atoms with Crippen LogP contribution < -0.4 is 5.32 Å². The minimum atomic E-state index is -0.323. The first-order chi connectivity index (χ1) is 11.7. The van der Waals surface area contributed by atoms with Crippen molar-refractivity contribution < 1.29 is 9.13 Å². The van der Waals surface area contributed by atoms with Gasteiger partial charge in [-0.2, -0.15) is 5.10 Å². The summed E-state index contributed by atoms with van der Waals surface area (Å²) in [5, 5.41) is 7.36. The molecule has 0 spiro atoms. The number of nitrogens with one attached hydrogen (secondary N) is 1. The van der Waals surface area contributed by atoms with Crippen molar-refractivity contribution >= 4 is 5.96 Å². The van der Waals surface area contributed by atoms with Crippen LogP contribution in [0.2, 0.25) is 0 Å². The summed E-state index contributed by atoms with van der Waals surface area (Å²) in [5.41, 5.74) is 1.41. The van der Waals surface area contributed by atoms with Gasteiger partial charge >= 0.3 is 0 Å². The monoisotopic (exact) mass is 332 g/mol. The van der Waals surface area contributed by atoms with E-state index in [1.54, 1.807) is 24.0 Å². The molecule has 2 aromatic heterocycles. The molecule has 2 aromatic rings. The number of rotatable bonds is 3. The maximum atomic E-state index is 13.7. The molecule has 0 saturated carbocycles. The second-order valence-electron chi connectivity index (χ2n) is 5.59. The normalized spacial score (nSPS) is 18.7. The zero-order chi connectivity index (χ0) is 16.9. The number of nitrogens with zero attached hydrogens (tertiary/aromatic N) is 5. The molecule has 24 heavy (non-hydrogen) atoms. The lowest BCUT2D eigenvalue weighted by molar-refractivity contribution is -0.00806. The zero-order valence-corrected chi connectivity index (χ0v) is 13.8. The summed E-state index contributed by atoms with van der Waals surface area (Å²) in [6.45, 7) is 2.27. The summed E-state index contributed by atoms with van der Waals surface area (Å²) in [4.78, 5) is 10.4. The third-order valence-corrected chi connectivity index (χ3v) is 3.92. The summed E-state index contributed by atoms with van der Waals surface area (Å²) in [7, 11) is 3.59. The van der Waals surface area contributed by atoms with Crippen LogP contribution in [0.3, 0.4) is 0 Å². The predicted molar refractivity (Wildman–Crippen MR) is 87.9 cm³/mol. The molecule has 3 heterocycles. The van der Waals surface area contributed by atoms with Crippen molar-refractivity contribution in [3.63, 3.8) is 0 Å². The first-order valence-corrected chi connectivity index (χ1v) is 7.82. The van der Waals surface area contributed by atoms with Crippen molar-refractivity contribution in [2.75, 3.05) is 26.7 Å². The Labute approximate surface area is 140 Å². The van der Waals surface area contributed by atoms with Gasteiger partial charge in [0.1, 0.15) is 11.9 Å². The molecule has 1 aliphatic heterocycles. The lowest BCUT2D eigenvalue weighted by atomic mass is 10.1. The van der Waals surface area contributed by atoms with Crippen molar-refractivity contribution in [3.05, 3.63) is 47.8 Å². The van der Waals surface area contributed by atoms with Gasteiger partial charge in [0.15, 0.2) is 5.96 Å². The molecule has 1 fully saturated rings. The van der Waals surface area contributed by atoms with E-state index in [9.17, 15) is 4.39 Å². The lowest BCUT2D eigenvalue weighted by Gasteiger charge is -2.34. The molecule has 7 nitrogen and oxygen atoms in total. The van der Waals surface area contributed by atoms with Crippen LogP contribution in [-0.2, 0) is 18.3 Å². The standard InChI is InChI=1S/C16H21FN6O/c1-18-16(20-9-14-13(17)4-3-5-19-14)23-6-7-24-15(11-23)12-8-21-22(2)10-12/h3-5,8,10,15H,6-7,9,11H2,1-2H3,(H,18,20). The van der Waals surface area contributed by atoms with E-state index in [1.165, 1.54) is 6.07 Å². The van der Waals surface area contributed by atoms with Gasteiger partial charge in [-0.05, 0) is 12.1 Å². The topological polar surface area (TPSA) is 67.6 Å². The van der Waals surface area contributed by atoms with Gasteiger partial charge < -0.3 is 15.0 Å². The minimum Gasteiger partial charge on any atom is -0.370 e. The Bertz CT molecular complexity index is 716. The van der Waals surface area contributed by atoms with E-state index in [1.807, 2.05) is 19.4 Å². The number of morpholine rings is 1. The van der Waals surface area contributed by atoms with Crippen molar-refractivity contribution in [2.45, 2.75) is 12.6 Å². The largest absolute Gasteiger partial charge is 0.370 e. The van der Waals surface area contributed by atoms with E-state index in [0.717, 1.165) is 12.1 Å². The van der Waals surface area contributed by atoms with Gasteiger partial charge in [0.2, 0.25) is 0 Å². The Morgan fingerprint density at radius 1 is 1.54 bits per heavy atom. The highest BCUT2D eigenvalue weighted by Crippen LogP contribution is 2.21. The van der Waals surface area contributed by atoms with Crippen LogP contribution in [0.5, 0.6) is 0 Å². The van der Waals surface area contributed by atoms with Gasteiger partial charge in [-0.25, -0.2) is 4.39 Å². The van der Waals surface area contributed by atoms with Gasteiger partial charge in [0.25, 0.3) is 0 Å². The van der Waals surface area contributed by atoms with Crippen LogP contribution in [0.15, 0.2) is 35.7 Å². The first kappa shape index (κ1) is 16.4. The second-order valence-corrected chi connectivity index (χ2v) is 5.59. The maximum Gasteiger partial charge on any atom is 0.194 e. The van der Waals surface area contributed by atoms with E-state index in [-0.39, 0.29) is 18.5 Å². The van der Waals surface area contributed by atoms with Crippen molar-refractivity contribution in [1.82, 2.24) is 25.0 Å². The number of aromatic nitrogens is 3. The van der Waals surface area contributed by atoms with E-state index >= 15 is 0 Å².